The summed E-state index contributed by atoms with van der Waals surface area (Å²) in [6, 6.07) is 16.7. The maximum absolute atomic E-state index is 12.9. The number of nitrogens with one attached hydrogen (secondary N) is 1. The van der Waals surface area contributed by atoms with Crippen LogP contribution in [-0.2, 0) is 11.3 Å². The van der Waals surface area contributed by atoms with Crippen molar-refractivity contribution in [3.05, 3.63) is 88.8 Å². The zero-order valence-corrected chi connectivity index (χ0v) is 21.7. The fourth-order valence-electron chi connectivity index (χ4n) is 4.34. The van der Waals surface area contributed by atoms with E-state index in [2.05, 4.69) is 22.2 Å². The Hall–Kier alpha value is -4.14. The van der Waals surface area contributed by atoms with Crippen LogP contribution in [0.4, 0.5) is 5.82 Å². The molecule has 0 radical (unpaired) electrons. The third-order valence-corrected chi connectivity index (χ3v) is 6.83. The molecule has 3 heterocycles. The number of nitrogen functional groups attached to an aromatic ring is 1. The molecule has 0 saturated carbocycles. The molecule has 38 heavy (non-hydrogen) atoms. The molecule has 4 aromatic rings. The second-order valence-electron chi connectivity index (χ2n) is 9.33. The van der Waals surface area contributed by atoms with E-state index in [9.17, 15) is 9.59 Å². The van der Waals surface area contributed by atoms with Gasteiger partial charge in [-0.2, -0.15) is 0 Å². The highest BCUT2D eigenvalue weighted by molar-refractivity contribution is 6.35. The number of carbonyl (C=O) groups excluding carboxylic acids is 2. The van der Waals surface area contributed by atoms with Gasteiger partial charge in [0.1, 0.15) is 11.6 Å². The van der Waals surface area contributed by atoms with Crippen LogP contribution in [0.25, 0.3) is 28.2 Å². The highest BCUT2D eigenvalue weighted by atomic mass is 35.5. The van der Waals surface area contributed by atoms with Crippen molar-refractivity contribution in [2.75, 3.05) is 39.0 Å². The van der Waals surface area contributed by atoms with Crippen molar-refractivity contribution in [1.29, 1.82) is 0 Å². The molecule has 1 fully saturated rings. The quantitative estimate of drug-likeness (QED) is 0.358. The molecule has 0 spiro atoms. The normalized spacial score (nSPS) is 14.3. The van der Waals surface area contributed by atoms with Crippen molar-refractivity contribution in [1.82, 2.24) is 20.1 Å². The minimum Gasteiger partial charge on any atom is -0.458 e. The standard InChI is InChI=1S/C29H28ClN5O3/c1-34-10-12-35(13-11-34)29(37)21-6-4-20(5-7-21)22-14-23-15-24(38-28(23)25(30)16-22)18-33-27(36)9-3-19-2-8-26(31)32-17-19/h2-9,14-17H,10-13,18H2,1H3,(H2,31,32)(H,33,36)/b9-3+. The molecule has 1 aliphatic rings. The molecular formula is C29H28ClN5O3. The van der Waals surface area contributed by atoms with Gasteiger partial charge in [-0.3, -0.25) is 9.59 Å². The van der Waals surface area contributed by atoms with Crippen LogP contribution in [0, 0.1) is 0 Å². The van der Waals surface area contributed by atoms with E-state index in [1.54, 1.807) is 24.4 Å². The first-order valence-electron chi connectivity index (χ1n) is 12.3. The highest BCUT2D eigenvalue weighted by Crippen LogP contribution is 2.33. The van der Waals surface area contributed by atoms with E-state index in [0.717, 1.165) is 48.3 Å². The highest BCUT2D eigenvalue weighted by Gasteiger charge is 2.20. The van der Waals surface area contributed by atoms with E-state index < -0.39 is 0 Å². The van der Waals surface area contributed by atoms with E-state index in [-0.39, 0.29) is 18.4 Å². The van der Waals surface area contributed by atoms with Gasteiger partial charge in [0.25, 0.3) is 5.91 Å². The largest absolute Gasteiger partial charge is 0.458 e. The molecule has 2 aromatic heterocycles. The molecule has 1 aliphatic heterocycles. The molecule has 5 rings (SSSR count). The van der Waals surface area contributed by atoms with Gasteiger partial charge in [-0.25, -0.2) is 4.98 Å². The summed E-state index contributed by atoms with van der Waals surface area (Å²) in [6.45, 7) is 3.46. The zero-order chi connectivity index (χ0) is 26.6. The molecule has 1 saturated heterocycles. The minimum absolute atomic E-state index is 0.0552. The van der Waals surface area contributed by atoms with Gasteiger partial charge in [0.2, 0.25) is 5.91 Å². The Bertz CT molecular complexity index is 1490. The summed E-state index contributed by atoms with van der Waals surface area (Å²) in [5.74, 6) is 0.801. The zero-order valence-electron chi connectivity index (χ0n) is 21.0. The SMILES string of the molecule is CN1CCN(C(=O)c2ccc(-c3cc(Cl)c4oc(CNC(=O)/C=C/c5ccc(N)nc5)cc4c3)cc2)CC1. The van der Waals surface area contributed by atoms with E-state index in [1.165, 1.54) is 6.08 Å². The van der Waals surface area contributed by atoms with Crippen LogP contribution in [0.2, 0.25) is 5.02 Å². The number of pyridine rings is 1. The van der Waals surface area contributed by atoms with Gasteiger partial charge in [0, 0.05) is 49.4 Å². The first-order chi connectivity index (χ1) is 18.4. The Kier molecular flexibility index (Phi) is 7.44. The number of aromatic nitrogens is 1. The summed E-state index contributed by atoms with van der Waals surface area (Å²) >= 11 is 6.54. The van der Waals surface area contributed by atoms with Crippen molar-refractivity contribution in [2.45, 2.75) is 6.54 Å². The number of halogens is 1. The van der Waals surface area contributed by atoms with E-state index in [4.69, 9.17) is 21.8 Å². The number of piperazine rings is 1. The fourth-order valence-corrected chi connectivity index (χ4v) is 4.60. The number of hydrogen-bond acceptors (Lipinski definition) is 6. The number of benzene rings is 2. The van der Waals surface area contributed by atoms with Crippen molar-refractivity contribution in [3.8, 4) is 11.1 Å². The lowest BCUT2D eigenvalue weighted by Crippen LogP contribution is -2.47. The summed E-state index contributed by atoms with van der Waals surface area (Å²) in [4.78, 5) is 33.2. The number of likely N-dealkylation sites (N-methyl/N-ethyl adjacent to an activating group) is 1. The second kappa shape index (κ2) is 11.1. The third kappa shape index (κ3) is 5.88. The number of amides is 2. The van der Waals surface area contributed by atoms with Crippen LogP contribution in [-0.4, -0.2) is 59.8 Å². The van der Waals surface area contributed by atoms with Crippen LogP contribution >= 0.6 is 11.6 Å². The van der Waals surface area contributed by atoms with Gasteiger partial charge in [0.15, 0.2) is 5.58 Å². The summed E-state index contributed by atoms with van der Waals surface area (Å²) in [5, 5.41) is 4.11. The number of fused-ring (bicyclic) bond motifs is 1. The van der Waals surface area contributed by atoms with Crippen molar-refractivity contribution in [2.24, 2.45) is 0 Å². The molecule has 9 heteroatoms. The first kappa shape index (κ1) is 25.5. The van der Waals surface area contributed by atoms with E-state index in [0.29, 0.717) is 27.7 Å². The lowest BCUT2D eigenvalue weighted by Gasteiger charge is -2.32. The van der Waals surface area contributed by atoms with Gasteiger partial charge in [0.05, 0.1) is 11.6 Å². The predicted molar refractivity (Wildman–Crippen MR) is 150 cm³/mol. The molecule has 0 bridgehead atoms. The molecule has 0 atom stereocenters. The van der Waals surface area contributed by atoms with E-state index in [1.807, 2.05) is 47.4 Å². The number of carbonyl (C=O) groups is 2. The smallest absolute Gasteiger partial charge is 0.253 e. The van der Waals surface area contributed by atoms with Crippen molar-refractivity contribution >= 4 is 46.3 Å². The molecule has 2 amide bonds. The Balaban J connectivity index is 1.25. The summed E-state index contributed by atoms with van der Waals surface area (Å²) in [5.41, 5.74) is 9.44. The van der Waals surface area contributed by atoms with Gasteiger partial charge in [-0.05, 0) is 72.3 Å². The molecule has 0 unspecified atom stereocenters. The average molecular weight is 530 g/mol. The fraction of sp³-hybridized carbons (Fsp3) is 0.207. The number of anilines is 1. The monoisotopic (exact) mass is 529 g/mol. The summed E-state index contributed by atoms with van der Waals surface area (Å²) in [6.07, 6.45) is 4.68. The van der Waals surface area contributed by atoms with Gasteiger partial charge in [-0.1, -0.05) is 23.7 Å². The maximum atomic E-state index is 12.9. The second-order valence-corrected chi connectivity index (χ2v) is 9.74. The van der Waals surface area contributed by atoms with Crippen LogP contribution in [0.15, 0.2) is 71.3 Å². The first-order valence-corrected chi connectivity index (χ1v) is 12.7. The van der Waals surface area contributed by atoms with Crippen LogP contribution < -0.4 is 11.1 Å². The molecular weight excluding hydrogens is 502 g/mol. The molecule has 3 N–H and O–H groups in total. The van der Waals surface area contributed by atoms with Crippen molar-refractivity contribution < 1.29 is 14.0 Å². The van der Waals surface area contributed by atoms with Gasteiger partial charge >= 0.3 is 0 Å². The molecule has 0 aliphatic carbocycles. The Morgan fingerprint density at radius 1 is 1.05 bits per heavy atom. The topological polar surface area (TPSA) is 105 Å². The third-order valence-electron chi connectivity index (χ3n) is 6.55. The number of nitrogens with two attached hydrogens (primary N) is 1. The molecule has 2 aromatic carbocycles. The average Bonchev–Trinajstić information content (AvgIpc) is 3.35. The Morgan fingerprint density at radius 3 is 2.53 bits per heavy atom. The Labute approximate surface area is 225 Å². The van der Waals surface area contributed by atoms with Gasteiger partial charge < -0.3 is 25.3 Å². The van der Waals surface area contributed by atoms with Crippen LogP contribution in [0.5, 0.6) is 0 Å². The number of rotatable bonds is 6. The van der Waals surface area contributed by atoms with Crippen molar-refractivity contribution in [3.63, 3.8) is 0 Å². The lowest BCUT2D eigenvalue weighted by atomic mass is 10.0. The molecule has 8 nitrogen and oxygen atoms in total. The summed E-state index contributed by atoms with van der Waals surface area (Å²) < 4.78 is 5.89. The van der Waals surface area contributed by atoms with Crippen LogP contribution in [0.1, 0.15) is 21.7 Å². The predicted octanol–water partition coefficient (Wildman–Crippen LogP) is 4.45. The minimum atomic E-state index is -0.264. The van der Waals surface area contributed by atoms with Crippen LogP contribution in [0.3, 0.4) is 0 Å². The number of furan rings is 1. The van der Waals surface area contributed by atoms with Gasteiger partial charge in [-0.15, -0.1) is 0 Å². The Morgan fingerprint density at radius 2 is 1.82 bits per heavy atom. The van der Waals surface area contributed by atoms with E-state index >= 15 is 0 Å². The number of hydrogen-bond donors (Lipinski definition) is 2. The maximum Gasteiger partial charge on any atom is 0.253 e. The summed E-state index contributed by atoms with van der Waals surface area (Å²) in [7, 11) is 2.07. The molecule has 194 valence electrons. The lowest BCUT2D eigenvalue weighted by molar-refractivity contribution is -0.116. The number of nitrogens with zero attached hydrogens (tertiary/aromatic N) is 3.